The van der Waals surface area contributed by atoms with Crippen LogP contribution in [0.15, 0.2) is 29.1 Å². The van der Waals surface area contributed by atoms with Gasteiger partial charge in [0.25, 0.3) is 5.56 Å². The lowest BCUT2D eigenvalue weighted by Crippen LogP contribution is -2.31. The number of halogens is 2. The van der Waals surface area contributed by atoms with Crippen LogP contribution < -0.4 is 10.9 Å². The summed E-state index contributed by atoms with van der Waals surface area (Å²) in [6.45, 7) is 3.18. The van der Waals surface area contributed by atoms with E-state index in [1.165, 1.54) is 10.6 Å². The van der Waals surface area contributed by atoms with Crippen LogP contribution in [0.5, 0.6) is 0 Å². The van der Waals surface area contributed by atoms with E-state index >= 15 is 0 Å². The predicted octanol–water partition coefficient (Wildman–Crippen LogP) is 3.28. The summed E-state index contributed by atoms with van der Waals surface area (Å²) in [5, 5.41) is 12.4. The average molecular weight is 350 g/mol. The van der Waals surface area contributed by atoms with Gasteiger partial charge in [-0.15, -0.1) is 0 Å². The van der Waals surface area contributed by atoms with E-state index < -0.39 is 11.5 Å². The minimum Gasteiger partial charge on any atom is -0.323 e. The summed E-state index contributed by atoms with van der Waals surface area (Å²) in [7, 11) is 0. The number of aryl methyl sites for hydroxylation is 2. The number of nitrogens with zero attached hydrogens (tertiary/aromatic N) is 2. The van der Waals surface area contributed by atoms with Crippen molar-refractivity contribution < 1.29 is 4.79 Å². The van der Waals surface area contributed by atoms with Crippen LogP contribution in [0.3, 0.4) is 0 Å². The predicted molar refractivity (Wildman–Crippen MR) is 90.0 cm³/mol. The third-order valence-corrected chi connectivity index (χ3v) is 3.87. The summed E-state index contributed by atoms with van der Waals surface area (Å²) in [5.74, 6) is -0.424. The van der Waals surface area contributed by atoms with Crippen molar-refractivity contribution in [3.05, 3.63) is 61.5 Å². The van der Waals surface area contributed by atoms with Crippen molar-refractivity contribution in [2.24, 2.45) is 0 Å². The molecule has 118 valence electrons. The van der Waals surface area contributed by atoms with E-state index in [1.807, 2.05) is 6.07 Å². The molecule has 0 saturated carbocycles. The molecule has 1 N–H and O–H groups in total. The number of pyridine rings is 1. The third-order valence-electron chi connectivity index (χ3n) is 3.32. The molecular formula is C16H13Cl2N3O2. The van der Waals surface area contributed by atoms with Crippen molar-refractivity contribution in [1.29, 1.82) is 5.26 Å². The van der Waals surface area contributed by atoms with E-state index in [4.69, 9.17) is 28.5 Å². The Morgan fingerprint density at radius 3 is 2.61 bits per heavy atom. The number of carbonyl (C=O) groups excluding carboxylic acids is 1. The van der Waals surface area contributed by atoms with Gasteiger partial charge in [-0.05, 0) is 43.7 Å². The third kappa shape index (κ3) is 3.73. The number of benzene rings is 1. The molecule has 0 saturated heterocycles. The zero-order valence-corrected chi connectivity index (χ0v) is 14.0. The molecule has 0 fully saturated rings. The van der Waals surface area contributed by atoms with Gasteiger partial charge in [0, 0.05) is 10.7 Å². The Kier molecular flexibility index (Phi) is 5.09. The van der Waals surface area contributed by atoms with Crippen molar-refractivity contribution in [3.8, 4) is 6.07 Å². The van der Waals surface area contributed by atoms with E-state index in [9.17, 15) is 9.59 Å². The number of carbonyl (C=O) groups is 1. The second-order valence-corrected chi connectivity index (χ2v) is 5.86. The van der Waals surface area contributed by atoms with Crippen molar-refractivity contribution in [1.82, 2.24) is 4.57 Å². The van der Waals surface area contributed by atoms with Crippen LogP contribution in [0.4, 0.5) is 5.69 Å². The van der Waals surface area contributed by atoms with Gasteiger partial charge < -0.3 is 9.88 Å². The monoisotopic (exact) mass is 349 g/mol. The van der Waals surface area contributed by atoms with Gasteiger partial charge in [0.05, 0.1) is 10.7 Å². The fourth-order valence-corrected chi connectivity index (χ4v) is 2.64. The molecule has 0 unspecified atom stereocenters. The highest BCUT2D eigenvalue weighted by Gasteiger charge is 2.13. The molecule has 0 aliphatic heterocycles. The lowest BCUT2D eigenvalue weighted by molar-refractivity contribution is -0.116. The number of hydrogen-bond acceptors (Lipinski definition) is 3. The summed E-state index contributed by atoms with van der Waals surface area (Å²) in [5.41, 5.74) is 1.14. The molecule has 0 atom stereocenters. The fraction of sp³-hybridized carbons (Fsp3) is 0.188. The molecule has 0 radical (unpaired) electrons. The van der Waals surface area contributed by atoms with Gasteiger partial charge in [0.2, 0.25) is 5.91 Å². The first kappa shape index (κ1) is 17.1. The number of nitrogens with one attached hydrogen (secondary N) is 1. The van der Waals surface area contributed by atoms with Crippen LogP contribution in [0.25, 0.3) is 0 Å². The van der Waals surface area contributed by atoms with Gasteiger partial charge in [0.1, 0.15) is 18.2 Å². The summed E-state index contributed by atoms with van der Waals surface area (Å²) in [6, 6.07) is 8.25. The molecule has 1 aromatic carbocycles. The number of anilines is 1. The molecule has 0 aliphatic rings. The highest BCUT2D eigenvalue weighted by Crippen LogP contribution is 2.25. The zero-order valence-electron chi connectivity index (χ0n) is 12.5. The summed E-state index contributed by atoms with van der Waals surface area (Å²) < 4.78 is 1.25. The molecule has 1 aromatic heterocycles. The fourth-order valence-electron chi connectivity index (χ4n) is 2.18. The number of aromatic nitrogens is 1. The number of amides is 1. The van der Waals surface area contributed by atoms with Crippen LogP contribution in [0, 0.1) is 25.2 Å². The molecule has 2 rings (SSSR count). The minimum atomic E-state index is -0.484. The molecule has 0 spiro atoms. The first-order valence-corrected chi connectivity index (χ1v) is 7.45. The second-order valence-electron chi connectivity index (χ2n) is 5.02. The Morgan fingerprint density at radius 2 is 2.00 bits per heavy atom. The van der Waals surface area contributed by atoms with Gasteiger partial charge in [-0.25, -0.2) is 0 Å². The molecule has 1 heterocycles. The number of rotatable bonds is 3. The van der Waals surface area contributed by atoms with Crippen LogP contribution >= 0.6 is 23.2 Å². The van der Waals surface area contributed by atoms with Crippen molar-refractivity contribution in [2.45, 2.75) is 20.4 Å². The van der Waals surface area contributed by atoms with Gasteiger partial charge in [0.15, 0.2) is 0 Å². The molecule has 7 heteroatoms. The zero-order chi connectivity index (χ0) is 17.1. The van der Waals surface area contributed by atoms with E-state index in [0.29, 0.717) is 27.0 Å². The van der Waals surface area contributed by atoms with Crippen LogP contribution in [-0.2, 0) is 11.3 Å². The van der Waals surface area contributed by atoms with Gasteiger partial charge in [-0.1, -0.05) is 23.2 Å². The van der Waals surface area contributed by atoms with E-state index in [-0.39, 0.29) is 12.1 Å². The lowest BCUT2D eigenvalue weighted by Gasteiger charge is -2.12. The lowest BCUT2D eigenvalue weighted by atomic mass is 10.1. The maximum atomic E-state index is 12.3. The quantitative estimate of drug-likeness (QED) is 0.923. The van der Waals surface area contributed by atoms with Crippen molar-refractivity contribution in [3.63, 3.8) is 0 Å². The second kappa shape index (κ2) is 6.86. The molecule has 2 aromatic rings. The summed E-state index contributed by atoms with van der Waals surface area (Å²) in [6.07, 6.45) is 0. The molecule has 1 amide bonds. The highest BCUT2D eigenvalue weighted by molar-refractivity contribution is 6.36. The van der Waals surface area contributed by atoms with E-state index in [2.05, 4.69) is 5.32 Å². The number of nitriles is 1. The van der Waals surface area contributed by atoms with Gasteiger partial charge in [-0.2, -0.15) is 5.26 Å². The largest absolute Gasteiger partial charge is 0.323 e. The Labute approximate surface area is 143 Å². The maximum Gasteiger partial charge on any atom is 0.269 e. The standard InChI is InChI=1S/C16H13Cl2N3O2/c1-9-5-10(2)21(16(23)12(9)7-19)8-15(22)20-14-4-3-11(17)6-13(14)18/h3-6H,8H2,1-2H3,(H,20,22). The van der Waals surface area contributed by atoms with Crippen molar-refractivity contribution in [2.75, 3.05) is 5.32 Å². The first-order valence-electron chi connectivity index (χ1n) is 6.69. The Hall–Kier alpha value is -2.29. The Morgan fingerprint density at radius 1 is 1.30 bits per heavy atom. The van der Waals surface area contributed by atoms with Crippen LogP contribution in [0.1, 0.15) is 16.8 Å². The normalized spacial score (nSPS) is 10.2. The Balaban J connectivity index is 2.28. The first-order chi connectivity index (χ1) is 10.8. The Bertz CT molecular complexity index is 882. The minimum absolute atomic E-state index is 0.0351. The summed E-state index contributed by atoms with van der Waals surface area (Å²) in [4.78, 5) is 24.4. The van der Waals surface area contributed by atoms with E-state index in [0.717, 1.165) is 0 Å². The maximum absolute atomic E-state index is 12.3. The SMILES string of the molecule is Cc1cc(C)n(CC(=O)Nc2ccc(Cl)cc2Cl)c(=O)c1C#N. The highest BCUT2D eigenvalue weighted by atomic mass is 35.5. The summed E-state index contributed by atoms with van der Waals surface area (Å²) >= 11 is 11.8. The smallest absolute Gasteiger partial charge is 0.269 e. The molecular weight excluding hydrogens is 337 g/mol. The molecule has 0 bridgehead atoms. The van der Waals surface area contributed by atoms with Crippen molar-refractivity contribution >= 4 is 34.8 Å². The number of hydrogen-bond donors (Lipinski definition) is 1. The van der Waals surface area contributed by atoms with E-state index in [1.54, 1.807) is 32.0 Å². The topological polar surface area (TPSA) is 74.9 Å². The molecule has 5 nitrogen and oxygen atoms in total. The average Bonchev–Trinajstić information content (AvgIpc) is 2.47. The van der Waals surface area contributed by atoms with Gasteiger partial charge >= 0.3 is 0 Å². The van der Waals surface area contributed by atoms with Gasteiger partial charge in [-0.3, -0.25) is 9.59 Å². The van der Waals surface area contributed by atoms with Crippen LogP contribution in [-0.4, -0.2) is 10.5 Å². The van der Waals surface area contributed by atoms with Crippen LogP contribution in [0.2, 0.25) is 10.0 Å². The molecule has 0 aliphatic carbocycles. The molecule has 23 heavy (non-hydrogen) atoms.